The number of amides is 1. The number of carbonyl (C=O) groups is 1. The van der Waals surface area contributed by atoms with Crippen molar-refractivity contribution in [2.24, 2.45) is 5.41 Å². The molecule has 4 nitrogen and oxygen atoms in total. The first-order valence-corrected chi connectivity index (χ1v) is 6.72. The van der Waals surface area contributed by atoms with Gasteiger partial charge < -0.3 is 5.32 Å². The number of anilines is 1. The van der Waals surface area contributed by atoms with Gasteiger partial charge in [0.2, 0.25) is 5.91 Å². The van der Waals surface area contributed by atoms with Crippen molar-refractivity contribution in [3.05, 3.63) is 36.7 Å². The van der Waals surface area contributed by atoms with Crippen LogP contribution in [0.5, 0.6) is 0 Å². The second-order valence-electron chi connectivity index (χ2n) is 4.76. The summed E-state index contributed by atoms with van der Waals surface area (Å²) in [6.07, 6.45) is 4.42. The molecule has 0 aliphatic carbocycles. The molecular weight excluding hydrogens is 250 g/mol. The van der Waals surface area contributed by atoms with Crippen LogP contribution in [0.25, 0.3) is 10.8 Å². The van der Waals surface area contributed by atoms with E-state index >= 15 is 0 Å². The summed E-state index contributed by atoms with van der Waals surface area (Å²) in [5, 5.41) is 14.1. The molecule has 0 aliphatic heterocycles. The van der Waals surface area contributed by atoms with Gasteiger partial charge in [-0.2, -0.15) is 5.26 Å². The van der Waals surface area contributed by atoms with E-state index < -0.39 is 5.41 Å². The summed E-state index contributed by atoms with van der Waals surface area (Å²) >= 11 is 0. The standard InChI is InChI=1S/C16H17N3O/c1-3-16(4-2,11-17)15(20)19-14-7-5-6-12-8-9-18-10-13(12)14/h5-10H,3-4H2,1-2H3,(H,19,20). The van der Waals surface area contributed by atoms with Crippen molar-refractivity contribution in [2.75, 3.05) is 5.32 Å². The number of fused-ring (bicyclic) bond motifs is 1. The number of carbonyl (C=O) groups excluding carboxylic acids is 1. The molecule has 0 unspecified atom stereocenters. The first-order valence-electron chi connectivity index (χ1n) is 6.72. The Balaban J connectivity index is 2.38. The number of pyridine rings is 1. The Labute approximate surface area is 118 Å². The molecule has 0 saturated carbocycles. The average molecular weight is 267 g/mol. The van der Waals surface area contributed by atoms with Crippen LogP contribution in [-0.2, 0) is 4.79 Å². The van der Waals surface area contributed by atoms with Crippen molar-refractivity contribution >= 4 is 22.4 Å². The molecule has 0 aliphatic rings. The fourth-order valence-corrected chi connectivity index (χ4v) is 2.24. The summed E-state index contributed by atoms with van der Waals surface area (Å²) in [6, 6.07) is 9.72. The SMILES string of the molecule is CCC(C#N)(CC)C(=O)Nc1cccc2ccncc12. The summed E-state index contributed by atoms with van der Waals surface area (Å²) in [5.41, 5.74) is -0.271. The number of hydrogen-bond donors (Lipinski definition) is 1. The molecule has 1 N–H and O–H groups in total. The number of benzene rings is 1. The smallest absolute Gasteiger partial charge is 0.244 e. The highest BCUT2D eigenvalue weighted by Gasteiger charge is 2.35. The molecule has 2 aromatic rings. The molecule has 0 saturated heterocycles. The van der Waals surface area contributed by atoms with Crippen LogP contribution in [-0.4, -0.2) is 10.9 Å². The van der Waals surface area contributed by atoms with Gasteiger partial charge in [0, 0.05) is 17.8 Å². The van der Waals surface area contributed by atoms with E-state index in [4.69, 9.17) is 0 Å². The molecule has 1 amide bonds. The molecular formula is C16H17N3O. The van der Waals surface area contributed by atoms with Crippen LogP contribution in [0, 0.1) is 16.7 Å². The lowest BCUT2D eigenvalue weighted by molar-refractivity contribution is -0.123. The zero-order chi connectivity index (χ0) is 14.6. The quantitative estimate of drug-likeness (QED) is 0.921. The van der Waals surface area contributed by atoms with Gasteiger partial charge in [0.25, 0.3) is 0 Å². The summed E-state index contributed by atoms with van der Waals surface area (Å²) < 4.78 is 0. The number of nitrogens with one attached hydrogen (secondary N) is 1. The van der Waals surface area contributed by atoms with Crippen LogP contribution in [0.3, 0.4) is 0 Å². The van der Waals surface area contributed by atoms with Crippen molar-refractivity contribution in [1.29, 1.82) is 5.26 Å². The highest BCUT2D eigenvalue weighted by Crippen LogP contribution is 2.29. The molecule has 0 spiro atoms. The van der Waals surface area contributed by atoms with E-state index in [0.29, 0.717) is 18.5 Å². The molecule has 0 fully saturated rings. The second-order valence-corrected chi connectivity index (χ2v) is 4.76. The minimum Gasteiger partial charge on any atom is -0.324 e. The van der Waals surface area contributed by atoms with E-state index in [1.54, 1.807) is 12.4 Å². The Hall–Kier alpha value is -2.41. The highest BCUT2D eigenvalue weighted by molar-refractivity contribution is 6.04. The van der Waals surface area contributed by atoms with E-state index in [0.717, 1.165) is 10.8 Å². The monoisotopic (exact) mass is 267 g/mol. The van der Waals surface area contributed by atoms with Gasteiger partial charge in [0.15, 0.2) is 0 Å². The molecule has 102 valence electrons. The summed E-state index contributed by atoms with van der Waals surface area (Å²) in [4.78, 5) is 16.5. The first kappa shape index (κ1) is 14.0. The van der Waals surface area contributed by atoms with Gasteiger partial charge in [-0.1, -0.05) is 26.0 Å². The van der Waals surface area contributed by atoms with Crippen LogP contribution in [0.2, 0.25) is 0 Å². The Bertz CT molecular complexity index is 663. The van der Waals surface area contributed by atoms with Crippen molar-refractivity contribution in [3.63, 3.8) is 0 Å². The summed E-state index contributed by atoms with van der Waals surface area (Å²) in [6.45, 7) is 3.72. The maximum atomic E-state index is 12.4. The second kappa shape index (κ2) is 5.70. The Morgan fingerprint density at radius 2 is 2.10 bits per heavy atom. The van der Waals surface area contributed by atoms with Gasteiger partial charge in [0.05, 0.1) is 11.8 Å². The maximum absolute atomic E-state index is 12.4. The van der Waals surface area contributed by atoms with E-state index in [-0.39, 0.29) is 5.91 Å². The average Bonchev–Trinajstić information content (AvgIpc) is 2.50. The molecule has 20 heavy (non-hydrogen) atoms. The zero-order valence-electron chi connectivity index (χ0n) is 11.7. The summed E-state index contributed by atoms with van der Waals surface area (Å²) in [7, 11) is 0. The third-order valence-electron chi connectivity index (χ3n) is 3.79. The number of hydrogen-bond acceptors (Lipinski definition) is 3. The molecule has 1 heterocycles. The number of nitriles is 1. The van der Waals surface area contributed by atoms with Gasteiger partial charge in [-0.05, 0) is 30.4 Å². The van der Waals surface area contributed by atoms with Crippen LogP contribution >= 0.6 is 0 Å². The van der Waals surface area contributed by atoms with Gasteiger partial charge in [-0.3, -0.25) is 9.78 Å². The fraction of sp³-hybridized carbons (Fsp3) is 0.312. The van der Waals surface area contributed by atoms with Crippen molar-refractivity contribution in [3.8, 4) is 6.07 Å². The topological polar surface area (TPSA) is 65.8 Å². The van der Waals surface area contributed by atoms with Gasteiger partial charge in [-0.25, -0.2) is 0 Å². The van der Waals surface area contributed by atoms with Crippen LogP contribution in [0.1, 0.15) is 26.7 Å². The summed E-state index contributed by atoms with van der Waals surface area (Å²) in [5.74, 6) is -0.249. The van der Waals surface area contributed by atoms with Gasteiger partial charge >= 0.3 is 0 Å². The third-order valence-corrected chi connectivity index (χ3v) is 3.79. The number of nitrogens with zero attached hydrogens (tertiary/aromatic N) is 2. The molecule has 1 aromatic carbocycles. The minimum absolute atomic E-state index is 0.249. The fourth-order valence-electron chi connectivity index (χ4n) is 2.24. The Morgan fingerprint density at radius 1 is 1.35 bits per heavy atom. The highest BCUT2D eigenvalue weighted by atomic mass is 16.2. The van der Waals surface area contributed by atoms with Crippen molar-refractivity contribution < 1.29 is 4.79 Å². The maximum Gasteiger partial charge on any atom is 0.244 e. The van der Waals surface area contributed by atoms with Crippen LogP contribution < -0.4 is 5.32 Å². The molecule has 0 bridgehead atoms. The van der Waals surface area contributed by atoms with E-state index in [2.05, 4.69) is 16.4 Å². The molecule has 0 radical (unpaired) electrons. The molecule has 2 rings (SSSR count). The predicted octanol–water partition coefficient (Wildman–Crippen LogP) is 3.50. The van der Waals surface area contributed by atoms with Gasteiger partial charge in [-0.15, -0.1) is 0 Å². The van der Waals surface area contributed by atoms with E-state index in [1.165, 1.54) is 0 Å². The third kappa shape index (κ3) is 2.35. The number of rotatable bonds is 4. The Kier molecular flexibility index (Phi) is 3.99. The van der Waals surface area contributed by atoms with Gasteiger partial charge in [0.1, 0.15) is 5.41 Å². The van der Waals surface area contributed by atoms with E-state index in [9.17, 15) is 10.1 Å². The normalized spacial score (nSPS) is 11.1. The molecule has 4 heteroatoms. The molecule has 1 aromatic heterocycles. The Morgan fingerprint density at radius 3 is 2.75 bits per heavy atom. The first-order chi connectivity index (χ1) is 9.66. The van der Waals surface area contributed by atoms with E-state index in [1.807, 2.05) is 38.1 Å². The lowest BCUT2D eigenvalue weighted by atomic mass is 9.83. The number of aromatic nitrogens is 1. The molecule has 0 atom stereocenters. The largest absolute Gasteiger partial charge is 0.324 e. The lowest BCUT2D eigenvalue weighted by Gasteiger charge is -2.22. The zero-order valence-corrected chi connectivity index (χ0v) is 11.7. The van der Waals surface area contributed by atoms with Crippen LogP contribution in [0.15, 0.2) is 36.7 Å². The van der Waals surface area contributed by atoms with Crippen LogP contribution in [0.4, 0.5) is 5.69 Å². The van der Waals surface area contributed by atoms with Crippen molar-refractivity contribution in [1.82, 2.24) is 4.98 Å². The minimum atomic E-state index is -0.968. The predicted molar refractivity (Wildman–Crippen MR) is 79.0 cm³/mol. The van der Waals surface area contributed by atoms with Crippen molar-refractivity contribution in [2.45, 2.75) is 26.7 Å². The lowest BCUT2D eigenvalue weighted by Crippen LogP contribution is -2.34.